The van der Waals surface area contributed by atoms with Gasteiger partial charge in [-0.2, -0.15) is 11.8 Å². The number of benzene rings is 1. The van der Waals surface area contributed by atoms with Crippen molar-refractivity contribution in [2.75, 3.05) is 30.3 Å². The molecule has 1 aromatic carbocycles. The van der Waals surface area contributed by atoms with E-state index < -0.39 is 0 Å². The van der Waals surface area contributed by atoms with Crippen molar-refractivity contribution in [1.29, 1.82) is 0 Å². The number of halogens is 1. The molecule has 0 aliphatic carbocycles. The minimum absolute atomic E-state index is 0.705. The van der Waals surface area contributed by atoms with Crippen molar-refractivity contribution in [3.8, 4) is 0 Å². The monoisotopic (exact) mass is 328 g/mol. The van der Waals surface area contributed by atoms with Crippen molar-refractivity contribution in [3.63, 3.8) is 0 Å². The molecule has 1 atom stereocenters. The molecule has 0 saturated carbocycles. The molecule has 0 aromatic heterocycles. The lowest BCUT2D eigenvalue weighted by Gasteiger charge is -2.34. The van der Waals surface area contributed by atoms with Gasteiger partial charge < -0.3 is 10.6 Å². The van der Waals surface area contributed by atoms with Gasteiger partial charge in [-0.25, -0.2) is 0 Å². The Kier molecular flexibility index (Phi) is 5.39. The van der Waals surface area contributed by atoms with E-state index in [0.29, 0.717) is 6.54 Å². The molecular formula is C14H21BrN2S. The quantitative estimate of drug-likeness (QED) is 0.919. The second kappa shape index (κ2) is 6.83. The zero-order valence-electron chi connectivity index (χ0n) is 10.9. The Bertz CT molecular complexity index is 397. The van der Waals surface area contributed by atoms with E-state index >= 15 is 0 Å². The van der Waals surface area contributed by atoms with Gasteiger partial charge in [-0.15, -0.1) is 0 Å². The zero-order valence-corrected chi connectivity index (χ0v) is 13.3. The highest BCUT2D eigenvalue weighted by Gasteiger charge is 2.19. The molecule has 2 rings (SSSR count). The van der Waals surface area contributed by atoms with Crippen LogP contribution in [0.4, 0.5) is 5.69 Å². The van der Waals surface area contributed by atoms with Crippen LogP contribution in [0.1, 0.15) is 18.9 Å². The lowest BCUT2D eigenvalue weighted by Crippen LogP contribution is -2.37. The first-order valence-electron chi connectivity index (χ1n) is 6.59. The van der Waals surface area contributed by atoms with Gasteiger partial charge in [-0.05, 0) is 37.1 Å². The molecule has 1 aliphatic heterocycles. The van der Waals surface area contributed by atoms with E-state index in [1.807, 2.05) is 0 Å². The Labute approximate surface area is 122 Å². The van der Waals surface area contributed by atoms with Crippen LogP contribution in [0.15, 0.2) is 22.7 Å². The first kappa shape index (κ1) is 14.2. The lowest BCUT2D eigenvalue weighted by atomic mass is 10.1. The molecule has 1 heterocycles. The summed E-state index contributed by atoms with van der Waals surface area (Å²) in [6, 6.07) is 6.68. The van der Waals surface area contributed by atoms with Crippen LogP contribution < -0.4 is 10.6 Å². The molecule has 1 fully saturated rings. The summed E-state index contributed by atoms with van der Waals surface area (Å²) < 4.78 is 1.19. The summed E-state index contributed by atoms with van der Waals surface area (Å²) in [5, 5.41) is 0.779. The fourth-order valence-corrected chi connectivity index (χ4v) is 4.04. The predicted octanol–water partition coefficient (Wildman–Crippen LogP) is 3.28. The molecule has 0 amide bonds. The summed E-state index contributed by atoms with van der Waals surface area (Å²) in [5.41, 5.74) is 8.25. The predicted molar refractivity (Wildman–Crippen MR) is 85.7 cm³/mol. The molecule has 1 aromatic rings. The van der Waals surface area contributed by atoms with Gasteiger partial charge in [0.2, 0.25) is 0 Å². The average molecular weight is 329 g/mol. The Balaban J connectivity index is 2.10. The standard InChI is InChI=1S/C14H21BrN2S/c1-2-13-10-17(7-8-18-13)12-4-3-11(5-6-16)14(15)9-12/h3-4,9,13H,2,5-8,10,16H2,1H3. The van der Waals surface area contributed by atoms with Crippen LogP contribution in [-0.4, -0.2) is 30.6 Å². The molecule has 2 nitrogen and oxygen atoms in total. The second-order valence-corrected chi connectivity index (χ2v) is 6.92. The van der Waals surface area contributed by atoms with Gasteiger partial charge in [0.15, 0.2) is 0 Å². The summed E-state index contributed by atoms with van der Waals surface area (Å²) in [5.74, 6) is 1.24. The smallest absolute Gasteiger partial charge is 0.0378 e. The molecule has 100 valence electrons. The minimum atomic E-state index is 0.705. The summed E-state index contributed by atoms with van der Waals surface area (Å²) in [4.78, 5) is 2.50. The maximum Gasteiger partial charge on any atom is 0.0378 e. The highest BCUT2D eigenvalue weighted by atomic mass is 79.9. The fraction of sp³-hybridized carbons (Fsp3) is 0.571. The van der Waals surface area contributed by atoms with E-state index in [9.17, 15) is 0 Å². The van der Waals surface area contributed by atoms with Gasteiger partial charge in [0.1, 0.15) is 0 Å². The summed E-state index contributed by atoms with van der Waals surface area (Å²) >= 11 is 5.77. The number of hydrogen-bond donors (Lipinski definition) is 1. The molecule has 0 bridgehead atoms. The van der Waals surface area contributed by atoms with Crippen LogP contribution >= 0.6 is 27.7 Å². The third-order valence-corrected chi connectivity index (χ3v) is 5.52. The van der Waals surface area contributed by atoms with Crippen molar-refractivity contribution in [2.24, 2.45) is 5.73 Å². The van der Waals surface area contributed by atoms with Crippen molar-refractivity contribution in [2.45, 2.75) is 25.0 Å². The Morgan fingerprint density at radius 3 is 3.00 bits per heavy atom. The highest BCUT2D eigenvalue weighted by Crippen LogP contribution is 2.29. The Morgan fingerprint density at radius 1 is 1.50 bits per heavy atom. The van der Waals surface area contributed by atoms with Crippen molar-refractivity contribution < 1.29 is 0 Å². The molecule has 0 radical (unpaired) electrons. The van der Waals surface area contributed by atoms with E-state index in [1.54, 1.807) is 0 Å². The van der Waals surface area contributed by atoms with E-state index in [0.717, 1.165) is 18.2 Å². The van der Waals surface area contributed by atoms with E-state index in [4.69, 9.17) is 5.73 Å². The molecule has 2 N–H and O–H groups in total. The molecule has 4 heteroatoms. The minimum Gasteiger partial charge on any atom is -0.370 e. The number of anilines is 1. The van der Waals surface area contributed by atoms with Crippen LogP contribution in [0.3, 0.4) is 0 Å². The Morgan fingerprint density at radius 2 is 2.33 bits per heavy atom. The second-order valence-electron chi connectivity index (χ2n) is 4.66. The summed E-state index contributed by atoms with van der Waals surface area (Å²) in [6.07, 6.45) is 2.20. The van der Waals surface area contributed by atoms with E-state index in [2.05, 4.69) is 57.7 Å². The summed E-state index contributed by atoms with van der Waals surface area (Å²) in [7, 11) is 0. The number of thioether (sulfide) groups is 1. The first-order chi connectivity index (χ1) is 8.74. The molecule has 0 spiro atoms. The SMILES string of the molecule is CCC1CN(c2ccc(CCN)c(Br)c2)CCS1. The van der Waals surface area contributed by atoms with Crippen LogP contribution in [0.2, 0.25) is 0 Å². The third-order valence-electron chi connectivity index (χ3n) is 3.41. The van der Waals surface area contributed by atoms with Crippen molar-refractivity contribution >= 4 is 33.4 Å². The van der Waals surface area contributed by atoms with E-state index in [1.165, 1.54) is 34.4 Å². The highest BCUT2D eigenvalue weighted by molar-refractivity contribution is 9.10. The fourth-order valence-electron chi connectivity index (χ4n) is 2.29. The first-order valence-corrected chi connectivity index (χ1v) is 8.43. The molecule has 1 unspecified atom stereocenters. The molecule has 1 saturated heterocycles. The maximum atomic E-state index is 5.61. The summed E-state index contributed by atoms with van der Waals surface area (Å²) in [6.45, 7) is 5.31. The topological polar surface area (TPSA) is 29.3 Å². The number of rotatable bonds is 4. The van der Waals surface area contributed by atoms with Crippen molar-refractivity contribution in [1.82, 2.24) is 0 Å². The van der Waals surface area contributed by atoms with Crippen LogP contribution in [0, 0.1) is 0 Å². The molecule has 1 aliphatic rings. The lowest BCUT2D eigenvalue weighted by molar-refractivity contribution is 0.728. The van der Waals surface area contributed by atoms with Gasteiger partial charge in [-0.3, -0.25) is 0 Å². The zero-order chi connectivity index (χ0) is 13.0. The third kappa shape index (κ3) is 3.43. The van der Waals surface area contributed by atoms with Crippen LogP contribution in [0.25, 0.3) is 0 Å². The maximum absolute atomic E-state index is 5.61. The van der Waals surface area contributed by atoms with Gasteiger partial charge in [0, 0.05) is 34.3 Å². The number of hydrogen-bond acceptors (Lipinski definition) is 3. The van der Waals surface area contributed by atoms with Gasteiger partial charge >= 0.3 is 0 Å². The van der Waals surface area contributed by atoms with Gasteiger partial charge in [0.05, 0.1) is 0 Å². The Hall–Kier alpha value is -0.190. The number of nitrogens with two attached hydrogens (primary N) is 1. The van der Waals surface area contributed by atoms with Gasteiger partial charge in [-0.1, -0.05) is 28.9 Å². The van der Waals surface area contributed by atoms with Crippen LogP contribution in [0.5, 0.6) is 0 Å². The number of nitrogens with zero attached hydrogens (tertiary/aromatic N) is 1. The molecule has 18 heavy (non-hydrogen) atoms. The molecular weight excluding hydrogens is 308 g/mol. The van der Waals surface area contributed by atoms with Crippen LogP contribution in [-0.2, 0) is 6.42 Å². The largest absolute Gasteiger partial charge is 0.370 e. The normalized spacial score (nSPS) is 20.2. The average Bonchev–Trinajstić information content (AvgIpc) is 2.41. The van der Waals surface area contributed by atoms with E-state index in [-0.39, 0.29) is 0 Å². The van der Waals surface area contributed by atoms with Gasteiger partial charge in [0.25, 0.3) is 0 Å². The van der Waals surface area contributed by atoms with Crippen molar-refractivity contribution in [3.05, 3.63) is 28.2 Å².